The fourth-order valence-corrected chi connectivity index (χ4v) is 2.72. The maximum Gasteiger partial charge on any atom is 0.422 e. The molecule has 0 spiro atoms. The maximum absolute atomic E-state index is 12.3. The summed E-state index contributed by atoms with van der Waals surface area (Å²) in [6, 6.07) is 13.1. The van der Waals surface area contributed by atoms with Gasteiger partial charge in [-0.3, -0.25) is 5.43 Å². The molecule has 0 saturated heterocycles. The van der Waals surface area contributed by atoms with E-state index in [1.165, 1.54) is 0 Å². The van der Waals surface area contributed by atoms with Gasteiger partial charge in [-0.25, -0.2) is 10.2 Å². The topological polar surface area (TPSA) is 78.1 Å². The quantitative estimate of drug-likeness (QED) is 0.615. The van der Waals surface area contributed by atoms with Crippen LogP contribution in [0.25, 0.3) is 0 Å². The van der Waals surface area contributed by atoms with Crippen molar-refractivity contribution in [3.8, 4) is 17.2 Å². The molecule has 0 aliphatic rings. The molecule has 7 nitrogen and oxygen atoms in total. The van der Waals surface area contributed by atoms with Crippen LogP contribution < -0.4 is 25.1 Å². The molecule has 0 atom stereocenters. The van der Waals surface area contributed by atoms with Gasteiger partial charge in [0.05, 0.1) is 14.2 Å². The molecule has 2 aromatic rings. The Hall–Kier alpha value is -2.93. The minimum atomic E-state index is -0.889. The highest BCUT2D eigenvalue weighted by molar-refractivity contribution is 5.67. The fraction of sp³-hybridized carbons (Fsp3) is 0.435. The van der Waals surface area contributed by atoms with Crippen molar-refractivity contribution in [3.05, 3.63) is 53.6 Å². The van der Waals surface area contributed by atoms with Crippen molar-refractivity contribution in [1.29, 1.82) is 0 Å². The molecule has 0 heterocycles. The highest BCUT2D eigenvalue weighted by Gasteiger charge is 2.27. The molecule has 0 radical (unpaired) electrons. The van der Waals surface area contributed by atoms with E-state index in [4.69, 9.17) is 18.9 Å². The lowest BCUT2D eigenvalue weighted by molar-refractivity contribution is 0.0333. The molecule has 164 valence electrons. The Morgan fingerprint density at radius 2 is 1.43 bits per heavy atom. The summed E-state index contributed by atoms with van der Waals surface area (Å²) >= 11 is 0. The highest BCUT2D eigenvalue weighted by atomic mass is 16.6. The predicted octanol–water partition coefficient (Wildman–Crippen LogP) is 4.55. The molecule has 0 unspecified atom stereocenters. The van der Waals surface area contributed by atoms with Gasteiger partial charge in [0, 0.05) is 18.2 Å². The molecular formula is C23H32N2O5. The average molecular weight is 417 g/mol. The predicted molar refractivity (Wildman–Crippen MR) is 116 cm³/mol. The number of amides is 1. The van der Waals surface area contributed by atoms with E-state index in [2.05, 4.69) is 10.9 Å². The number of hydrogen-bond acceptors (Lipinski definition) is 6. The minimum Gasteiger partial charge on any atom is -0.497 e. The highest BCUT2D eigenvalue weighted by Crippen LogP contribution is 2.32. The van der Waals surface area contributed by atoms with Crippen LogP contribution in [0.5, 0.6) is 17.2 Å². The van der Waals surface area contributed by atoms with E-state index in [9.17, 15) is 4.79 Å². The Morgan fingerprint density at radius 1 is 0.867 bits per heavy atom. The summed E-state index contributed by atoms with van der Waals surface area (Å²) in [5, 5.41) is 0. The van der Waals surface area contributed by atoms with E-state index in [1.54, 1.807) is 34.1 Å². The van der Waals surface area contributed by atoms with Crippen LogP contribution in [0.15, 0.2) is 42.5 Å². The zero-order valence-corrected chi connectivity index (χ0v) is 18.8. The molecule has 2 rings (SSSR count). The molecule has 0 bridgehead atoms. The molecule has 0 aliphatic carbocycles. The van der Waals surface area contributed by atoms with E-state index in [-0.39, 0.29) is 5.60 Å². The normalized spacial score (nSPS) is 11.6. The number of benzene rings is 2. The molecule has 0 aromatic heterocycles. The Morgan fingerprint density at radius 3 is 1.93 bits per heavy atom. The number of hydrazine groups is 1. The Kier molecular flexibility index (Phi) is 7.56. The van der Waals surface area contributed by atoms with E-state index in [1.807, 2.05) is 57.2 Å². The van der Waals surface area contributed by atoms with E-state index >= 15 is 0 Å². The van der Waals surface area contributed by atoms with Crippen LogP contribution in [0.1, 0.15) is 45.7 Å². The molecule has 30 heavy (non-hydrogen) atoms. The standard InChI is InChI=1S/C23H32N2O5/c1-22(2,3)29-18-10-8-16(9-11-18)15-24-25-21(26)30-23(4,5)17-12-19(27-6)14-20(13-17)28-7/h8-14,24H,15H2,1-7H3,(H,25,26). The number of nitrogens with one attached hydrogen (secondary N) is 2. The number of carbonyl (C=O) groups is 1. The lowest BCUT2D eigenvalue weighted by Gasteiger charge is -2.26. The molecule has 0 saturated carbocycles. The van der Waals surface area contributed by atoms with Gasteiger partial charge in [0.1, 0.15) is 28.5 Å². The van der Waals surface area contributed by atoms with Gasteiger partial charge in [-0.15, -0.1) is 0 Å². The Labute approximate surface area is 178 Å². The summed E-state index contributed by atoms with van der Waals surface area (Å²) in [7, 11) is 3.15. The van der Waals surface area contributed by atoms with E-state index in [0.29, 0.717) is 18.0 Å². The third-order valence-electron chi connectivity index (χ3n) is 4.22. The van der Waals surface area contributed by atoms with Gasteiger partial charge in [0.15, 0.2) is 0 Å². The first kappa shape index (κ1) is 23.3. The van der Waals surface area contributed by atoms with Crippen molar-refractivity contribution in [2.24, 2.45) is 0 Å². The first-order valence-corrected chi connectivity index (χ1v) is 9.76. The van der Waals surface area contributed by atoms with Gasteiger partial charge in [-0.05, 0) is 64.4 Å². The Balaban J connectivity index is 1.89. The van der Waals surface area contributed by atoms with Crippen molar-refractivity contribution in [3.63, 3.8) is 0 Å². The lowest BCUT2D eigenvalue weighted by Crippen LogP contribution is -2.40. The van der Waals surface area contributed by atoms with Crippen molar-refractivity contribution in [2.75, 3.05) is 14.2 Å². The summed E-state index contributed by atoms with van der Waals surface area (Å²) in [6.07, 6.45) is -0.588. The number of rotatable bonds is 8. The first-order valence-electron chi connectivity index (χ1n) is 9.76. The van der Waals surface area contributed by atoms with Crippen LogP contribution in [-0.2, 0) is 16.9 Å². The minimum absolute atomic E-state index is 0.245. The largest absolute Gasteiger partial charge is 0.497 e. The molecule has 2 aromatic carbocycles. The zero-order chi connectivity index (χ0) is 22.4. The van der Waals surface area contributed by atoms with Gasteiger partial charge in [-0.1, -0.05) is 12.1 Å². The van der Waals surface area contributed by atoms with Gasteiger partial charge in [-0.2, -0.15) is 0 Å². The molecule has 0 fully saturated rings. The molecular weight excluding hydrogens is 384 g/mol. The molecule has 1 amide bonds. The first-order chi connectivity index (χ1) is 14.0. The second-order valence-corrected chi connectivity index (χ2v) is 8.34. The van der Waals surface area contributed by atoms with Gasteiger partial charge < -0.3 is 18.9 Å². The van der Waals surface area contributed by atoms with Crippen molar-refractivity contribution in [1.82, 2.24) is 10.9 Å². The molecule has 7 heteroatoms. The van der Waals surface area contributed by atoms with E-state index < -0.39 is 11.7 Å². The number of carbonyl (C=O) groups excluding carboxylic acids is 1. The fourth-order valence-electron chi connectivity index (χ4n) is 2.72. The number of ether oxygens (including phenoxy) is 4. The van der Waals surface area contributed by atoms with Crippen LogP contribution >= 0.6 is 0 Å². The van der Waals surface area contributed by atoms with Crippen LogP contribution in [0.3, 0.4) is 0 Å². The van der Waals surface area contributed by atoms with Crippen molar-refractivity contribution >= 4 is 6.09 Å². The SMILES string of the molecule is COc1cc(OC)cc(C(C)(C)OC(=O)NNCc2ccc(OC(C)(C)C)cc2)c1. The summed E-state index contributed by atoms with van der Waals surface area (Å²) in [4.78, 5) is 12.3. The number of methoxy groups -OCH3 is 2. The number of hydrogen-bond donors (Lipinski definition) is 2. The molecule has 2 N–H and O–H groups in total. The monoisotopic (exact) mass is 416 g/mol. The Bertz CT molecular complexity index is 819. The summed E-state index contributed by atoms with van der Waals surface area (Å²) in [6.45, 7) is 10.0. The average Bonchev–Trinajstić information content (AvgIpc) is 2.67. The summed E-state index contributed by atoms with van der Waals surface area (Å²) in [5.41, 5.74) is 6.05. The lowest BCUT2D eigenvalue weighted by atomic mass is 9.97. The van der Waals surface area contributed by atoms with Crippen LogP contribution in [0.2, 0.25) is 0 Å². The maximum atomic E-state index is 12.3. The van der Waals surface area contributed by atoms with Crippen molar-refractivity contribution in [2.45, 2.75) is 52.4 Å². The molecule has 0 aliphatic heterocycles. The smallest absolute Gasteiger partial charge is 0.422 e. The summed E-state index contributed by atoms with van der Waals surface area (Å²) < 4.78 is 22.0. The van der Waals surface area contributed by atoms with Crippen molar-refractivity contribution < 1.29 is 23.7 Å². The van der Waals surface area contributed by atoms with Crippen LogP contribution in [-0.4, -0.2) is 25.9 Å². The third-order valence-corrected chi connectivity index (χ3v) is 4.22. The third kappa shape index (κ3) is 7.15. The van der Waals surface area contributed by atoms with Crippen LogP contribution in [0.4, 0.5) is 4.79 Å². The second-order valence-electron chi connectivity index (χ2n) is 8.34. The van der Waals surface area contributed by atoms with Gasteiger partial charge in [0.25, 0.3) is 0 Å². The second kappa shape index (κ2) is 9.71. The zero-order valence-electron chi connectivity index (χ0n) is 18.8. The van der Waals surface area contributed by atoms with Gasteiger partial charge >= 0.3 is 6.09 Å². The van der Waals surface area contributed by atoms with Gasteiger partial charge in [0.2, 0.25) is 0 Å². The summed E-state index contributed by atoms with van der Waals surface area (Å²) in [5.74, 6) is 2.05. The van der Waals surface area contributed by atoms with E-state index in [0.717, 1.165) is 16.9 Å². The van der Waals surface area contributed by atoms with Crippen LogP contribution in [0, 0.1) is 0 Å².